The molecule has 3 rings (SSSR count). The van der Waals surface area contributed by atoms with Crippen LogP contribution in [0, 0.1) is 6.92 Å². The van der Waals surface area contributed by atoms with E-state index in [0.29, 0.717) is 28.8 Å². The molecule has 0 saturated heterocycles. The van der Waals surface area contributed by atoms with Crippen LogP contribution < -0.4 is 10.1 Å². The lowest BCUT2D eigenvalue weighted by Crippen LogP contribution is -2.51. The minimum absolute atomic E-state index is 0.177. The molecule has 7 heteroatoms. The first-order chi connectivity index (χ1) is 16.4. The Hall–Kier alpha value is -3.02. The number of hydrogen-bond acceptors (Lipinski definition) is 3. The second-order valence-corrected chi connectivity index (χ2v) is 8.73. The highest BCUT2D eigenvalue weighted by Crippen LogP contribution is 2.23. The summed E-state index contributed by atoms with van der Waals surface area (Å²) >= 11 is 12.5. The van der Waals surface area contributed by atoms with Gasteiger partial charge in [0, 0.05) is 29.6 Å². The zero-order valence-electron chi connectivity index (χ0n) is 19.3. The molecule has 0 aliphatic rings. The Morgan fingerprint density at radius 2 is 1.68 bits per heavy atom. The molecule has 0 aliphatic carbocycles. The number of amides is 2. The highest BCUT2D eigenvalue weighted by molar-refractivity contribution is 6.31. The Morgan fingerprint density at radius 3 is 2.35 bits per heavy atom. The van der Waals surface area contributed by atoms with Crippen LogP contribution in [-0.2, 0) is 22.6 Å². The van der Waals surface area contributed by atoms with Gasteiger partial charge in [0.15, 0.2) is 6.61 Å². The molecule has 0 heterocycles. The Labute approximate surface area is 210 Å². The van der Waals surface area contributed by atoms with Crippen molar-refractivity contribution < 1.29 is 14.3 Å². The molecule has 0 spiro atoms. The van der Waals surface area contributed by atoms with Crippen LogP contribution in [0.15, 0.2) is 72.8 Å². The van der Waals surface area contributed by atoms with Gasteiger partial charge in [0.05, 0.1) is 0 Å². The monoisotopic (exact) mass is 498 g/mol. The van der Waals surface area contributed by atoms with Gasteiger partial charge in [-0.1, -0.05) is 71.7 Å². The van der Waals surface area contributed by atoms with Crippen LogP contribution >= 0.6 is 23.2 Å². The average Bonchev–Trinajstić information content (AvgIpc) is 2.83. The number of ether oxygens (including phenoxy) is 1. The van der Waals surface area contributed by atoms with E-state index in [9.17, 15) is 9.59 Å². The molecular weight excluding hydrogens is 471 g/mol. The van der Waals surface area contributed by atoms with Gasteiger partial charge in [0.2, 0.25) is 5.91 Å². The van der Waals surface area contributed by atoms with Gasteiger partial charge in [-0.15, -0.1) is 0 Å². The summed E-state index contributed by atoms with van der Waals surface area (Å²) in [5.74, 6) is -0.0145. The smallest absolute Gasteiger partial charge is 0.261 e. The van der Waals surface area contributed by atoms with Crippen molar-refractivity contribution in [3.05, 3.63) is 99.5 Å². The number of carbonyl (C=O) groups is 2. The molecule has 0 radical (unpaired) electrons. The predicted octanol–water partition coefficient (Wildman–Crippen LogP) is 5.46. The van der Waals surface area contributed by atoms with E-state index in [-0.39, 0.29) is 25.0 Å². The number of halogens is 2. The third-order valence-corrected chi connectivity index (χ3v) is 6.21. The largest absolute Gasteiger partial charge is 0.484 e. The van der Waals surface area contributed by atoms with Crippen LogP contribution in [0.1, 0.15) is 23.6 Å². The summed E-state index contributed by atoms with van der Waals surface area (Å²) in [6, 6.07) is 21.4. The Bertz CT molecular complexity index is 1120. The van der Waals surface area contributed by atoms with Crippen LogP contribution in [0.2, 0.25) is 10.0 Å². The fourth-order valence-corrected chi connectivity index (χ4v) is 3.90. The van der Waals surface area contributed by atoms with E-state index >= 15 is 0 Å². The summed E-state index contributed by atoms with van der Waals surface area (Å²) in [4.78, 5) is 28.2. The van der Waals surface area contributed by atoms with Gasteiger partial charge in [-0.2, -0.15) is 0 Å². The first-order valence-electron chi connectivity index (χ1n) is 11.1. The van der Waals surface area contributed by atoms with E-state index in [0.717, 1.165) is 16.7 Å². The summed E-state index contributed by atoms with van der Waals surface area (Å²) in [6.45, 7) is 4.13. The van der Waals surface area contributed by atoms with Gasteiger partial charge in [0.25, 0.3) is 5.91 Å². The molecule has 1 unspecified atom stereocenters. The van der Waals surface area contributed by atoms with Crippen molar-refractivity contribution in [2.45, 2.75) is 32.9 Å². The molecule has 1 atom stereocenters. The third kappa shape index (κ3) is 6.99. The van der Waals surface area contributed by atoms with Crippen molar-refractivity contribution in [3.63, 3.8) is 0 Å². The van der Waals surface area contributed by atoms with Gasteiger partial charge >= 0.3 is 0 Å². The van der Waals surface area contributed by atoms with Crippen molar-refractivity contribution >= 4 is 35.0 Å². The summed E-state index contributed by atoms with van der Waals surface area (Å²) in [7, 11) is 0. The average molecular weight is 499 g/mol. The number of aryl methyl sites for hydroxylation is 1. The molecule has 0 aromatic heterocycles. The first-order valence-corrected chi connectivity index (χ1v) is 11.9. The molecule has 0 fully saturated rings. The molecule has 0 saturated carbocycles. The van der Waals surface area contributed by atoms with Crippen LogP contribution in [0.3, 0.4) is 0 Å². The summed E-state index contributed by atoms with van der Waals surface area (Å²) in [5, 5.41) is 4.02. The second kappa shape index (κ2) is 12.4. The summed E-state index contributed by atoms with van der Waals surface area (Å²) in [5.41, 5.74) is 2.55. The van der Waals surface area contributed by atoms with E-state index < -0.39 is 6.04 Å². The number of likely N-dealkylation sites (N-methyl/N-ethyl adjacent to an activating group) is 1. The molecule has 34 heavy (non-hydrogen) atoms. The maximum absolute atomic E-state index is 13.5. The zero-order valence-corrected chi connectivity index (χ0v) is 20.8. The van der Waals surface area contributed by atoms with Crippen LogP contribution in [-0.4, -0.2) is 35.9 Å². The van der Waals surface area contributed by atoms with Gasteiger partial charge < -0.3 is 15.0 Å². The number of benzene rings is 3. The van der Waals surface area contributed by atoms with E-state index in [1.165, 1.54) is 0 Å². The lowest BCUT2D eigenvalue weighted by atomic mass is 10.0. The van der Waals surface area contributed by atoms with E-state index in [1.807, 2.05) is 62.4 Å². The minimum atomic E-state index is -0.735. The van der Waals surface area contributed by atoms with Crippen molar-refractivity contribution in [1.82, 2.24) is 10.2 Å². The molecule has 3 aromatic rings. The number of hydrogen-bond donors (Lipinski definition) is 1. The fraction of sp³-hybridized carbons (Fsp3) is 0.259. The standard InChI is InChI=1S/C27H28Cl2N2O3/c1-3-30-27(33)25(16-20-9-5-4-6-10-20)31(17-21-11-7-8-12-24(21)29)26(32)18-34-22-13-14-23(28)19(2)15-22/h4-15,25H,3,16-18H2,1-2H3,(H,30,33). The van der Waals surface area contributed by atoms with Crippen LogP contribution in [0.25, 0.3) is 0 Å². The van der Waals surface area contributed by atoms with E-state index in [2.05, 4.69) is 5.32 Å². The zero-order chi connectivity index (χ0) is 24.5. The van der Waals surface area contributed by atoms with E-state index in [4.69, 9.17) is 27.9 Å². The Kier molecular flexibility index (Phi) is 9.37. The topological polar surface area (TPSA) is 58.6 Å². The summed E-state index contributed by atoms with van der Waals surface area (Å²) in [6.07, 6.45) is 0.364. The molecule has 0 aliphatic heterocycles. The van der Waals surface area contributed by atoms with Gasteiger partial charge in [-0.05, 0) is 54.8 Å². The molecule has 3 aromatic carbocycles. The van der Waals surface area contributed by atoms with E-state index in [1.54, 1.807) is 29.2 Å². The third-order valence-electron chi connectivity index (χ3n) is 5.41. The number of rotatable bonds is 10. The quantitative estimate of drug-likeness (QED) is 0.403. The summed E-state index contributed by atoms with van der Waals surface area (Å²) < 4.78 is 5.78. The maximum atomic E-state index is 13.5. The van der Waals surface area contributed by atoms with Crippen molar-refractivity contribution in [1.29, 1.82) is 0 Å². The highest BCUT2D eigenvalue weighted by Gasteiger charge is 2.30. The SMILES string of the molecule is CCNC(=O)C(Cc1ccccc1)N(Cc1ccccc1Cl)C(=O)COc1ccc(Cl)c(C)c1. The van der Waals surface area contributed by atoms with Gasteiger partial charge in [-0.25, -0.2) is 0 Å². The number of nitrogens with zero attached hydrogens (tertiary/aromatic N) is 1. The molecule has 0 bridgehead atoms. The molecule has 5 nitrogen and oxygen atoms in total. The number of nitrogens with one attached hydrogen (secondary N) is 1. The van der Waals surface area contributed by atoms with Gasteiger partial charge in [0.1, 0.15) is 11.8 Å². The van der Waals surface area contributed by atoms with Crippen LogP contribution in [0.5, 0.6) is 5.75 Å². The van der Waals surface area contributed by atoms with Crippen molar-refractivity contribution in [3.8, 4) is 5.75 Å². The van der Waals surface area contributed by atoms with Gasteiger partial charge in [-0.3, -0.25) is 9.59 Å². The first kappa shape index (κ1) is 25.6. The predicted molar refractivity (Wildman–Crippen MR) is 136 cm³/mol. The number of carbonyl (C=O) groups excluding carboxylic acids is 2. The second-order valence-electron chi connectivity index (χ2n) is 7.91. The highest BCUT2D eigenvalue weighted by atomic mass is 35.5. The maximum Gasteiger partial charge on any atom is 0.261 e. The normalized spacial score (nSPS) is 11.5. The fourth-order valence-electron chi connectivity index (χ4n) is 3.59. The molecule has 2 amide bonds. The lowest BCUT2D eigenvalue weighted by Gasteiger charge is -2.31. The molecule has 1 N–H and O–H groups in total. The minimum Gasteiger partial charge on any atom is -0.484 e. The van der Waals surface area contributed by atoms with Crippen molar-refractivity contribution in [2.75, 3.05) is 13.2 Å². The lowest BCUT2D eigenvalue weighted by molar-refractivity contribution is -0.142. The Balaban J connectivity index is 1.90. The molecule has 178 valence electrons. The molecular formula is C27H28Cl2N2O3. The Morgan fingerprint density at radius 1 is 0.971 bits per heavy atom. The van der Waals surface area contributed by atoms with Crippen molar-refractivity contribution in [2.24, 2.45) is 0 Å². The van der Waals surface area contributed by atoms with Crippen LogP contribution in [0.4, 0.5) is 0 Å².